The molecule has 0 aliphatic carbocycles. The van der Waals surface area contributed by atoms with Gasteiger partial charge in [-0.2, -0.15) is 0 Å². The Labute approximate surface area is 122 Å². The number of piperidine rings is 1. The molecule has 1 aromatic rings. The fourth-order valence-electron chi connectivity index (χ4n) is 2.30. The van der Waals surface area contributed by atoms with E-state index in [9.17, 15) is 9.59 Å². The number of anilines is 1. The van der Waals surface area contributed by atoms with Crippen LogP contribution in [0.15, 0.2) is 5.38 Å². The van der Waals surface area contributed by atoms with Crippen LogP contribution in [0.4, 0.5) is 5.13 Å². The molecule has 110 valence electrons. The smallest absolute Gasteiger partial charge is 0.273 e. The Morgan fingerprint density at radius 2 is 2.20 bits per heavy atom. The Bertz CT molecular complexity index is 480. The van der Waals surface area contributed by atoms with Crippen molar-refractivity contribution in [3.63, 3.8) is 0 Å². The van der Waals surface area contributed by atoms with Crippen LogP contribution in [0.2, 0.25) is 0 Å². The van der Waals surface area contributed by atoms with Gasteiger partial charge in [0.25, 0.3) is 5.91 Å². The van der Waals surface area contributed by atoms with Gasteiger partial charge in [-0.3, -0.25) is 9.59 Å². The van der Waals surface area contributed by atoms with Crippen molar-refractivity contribution >= 4 is 28.3 Å². The van der Waals surface area contributed by atoms with Gasteiger partial charge in [0.1, 0.15) is 5.69 Å². The molecule has 0 spiro atoms. The van der Waals surface area contributed by atoms with Crippen LogP contribution in [-0.4, -0.2) is 40.8 Å². The van der Waals surface area contributed by atoms with E-state index < -0.39 is 0 Å². The van der Waals surface area contributed by atoms with E-state index in [0.717, 1.165) is 19.3 Å². The van der Waals surface area contributed by atoms with Crippen molar-refractivity contribution in [3.05, 3.63) is 11.1 Å². The number of carbonyl (C=O) groups is 2. The van der Waals surface area contributed by atoms with Gasteiger partial charge in [0, 0.05) is 30.9 Å². The van der Waals surface area contributed by atoms with E-state index in [0.29, 0.717) is 30.3 Å². The van der Waals surface area contributed by atoms with E-state index in [1.54, 1.807) is 10.3 Å². The van der Waals surface area contributed by atoms with Crippen molar-refractivity contribution in [2.75, 3.05) is 18.8 Å². The lowest BCUT2D eigenvalue weighted by atomic mass is 10.0. The fraction of sp³-hybridized carbons (Fsp3) is 0.615. The lowest BCUT2D eigenvalue weighted by Crippen LogP contribution is -2.46. The number of carbonyl (C=O) groups excluding carboxylic acids is 2. The van der Waals surface area contributed by atoms with E-state index in [1.807, 2.05) is 6.92 Å². The van der Waals surface area contributed by atoms with Crippen LogP contribution in [0.5, 0.6) is 0 Å². The molecule has 1 saturated heterocycles. The summed E-state index contributed by atoms with van der Waals surface area (Å²) in [7, 11) is 0. The van der Waals surface area contributed by atoms with Crippen LogP contribution < -0.4 is 11.1 Å². The third kappa shape index (κ3) is 3.69. The number of likely N-dealkylation sites (tertiary alicyclic amines) is 1. The summed E-state index contributed by atoms with van der Waals surface area (Å²) in [5.41, 5.74) is 5.96. The molecule has 0 saturated carbocycles. The van der Waals surface area contributed by atoms with Crippen molar-refractivity contribution in [1.29, 1.82) is 0 Å². The first-order valence-corrected chi connectivity index (χ1v) is 7.77. The van der Waals surface area contributed by atoms with Gasteiger partial charge in [0.2, 0.25) is 5.91 Å². The maximum absolute atomic E-state index is 12.2. The first-order chi connectivity index (χ1) is 9.60. The lowest BCUT2D eigenvalue weighted by Gasteiger charge is -2.32. The molecule has 1 aliphatic heterocycles. The fourth-order valence-corrected chi connectivity index (χ4v) is 2.84. The van der Waals surface area contributed by atoms with Crippen LogP contribution in [0.3, 0.4) is 0 Å². The van der Waals surface area contributed by atoms with Gasteiger partial charge in [-0.15, -0.1) is 11.3 Å². The second-order valence-electron chi connectivity index (χ2n) is 4.95. The summed E-state index contributed by atoms with van der Waals surface area (Å²) in [5.74, 6) is 0.0286. The second kappa shape index (κ2) is 6.69. The Hall–Kier alpha value is -1.63. The normalized spacial score (nSPS) is 16.1. The topological polar surface area (TPSA) is 88.3 Å². The molecule has 0 bridgehead atoms. The molecule has 3 N–H and O–H groups in total. The SMILES string of the molecule is CCCC(=O)NC1CCN(C(=O)c2csc(N)n2)CC1. The number of thiazole rings is 1. The zero-order valence-electron chi connectivity index (χ0n) is 11.6. The quantitative estimate of drug-likeness (QED) is 0.875. The predicted octanol–water partition coefficient (Wildman–Crippen LogP) is 1.25. The van der Waals surface area contributed by atoms with Crippen molar-refractivity contribution in [1.82, 2.24) is 15.2 Å². The molecule has 20 heavy (non-hydrogen) atoms. The zero-order valence-corrected chi connectivity index (χ0v) is 12.4. The number of nitrogen functional groups attached to an aromatic ring is 1. The average molecular weight is 296 g/mol. The van der Waals surface area contributed by atoms with Gasteiger partial charge in [-0.1, -0.05) is 6.92 Å². The summed E-state index contributed by atoms with van der Waals surface area (Å²) in [6.45, 7) is 3.28. The summed E-state index contributed by atoms with van der Waals surface area (Å²) < 4.78 is 0. The molecule has 0 unspecified atom stereocenters. The standard InChI is InChI=1S/C13H20N4O2S/c1-2-3-11(18)15-9-4-6-17(7-5-9)12(19)10-8-20-13(14)16-10/h8-9H,2-7H2,1H3,(H2,14,16)(H,15,18). The number of hydrogen-bond donors (Lipinski definition) is 2. The number of rotatable bonds is 4. The zero-order chi connectivity index (χ0) is 14.5. The molecule has 6 nitrogen and oxygen atoms in total. The van der Waals surface area contributed by atoms with E-state index in [2.05, 4.69) is 10.3 Å². The summed E-state index contributed by atoms with van der Waals surface area (Å²) >= 11 is 1.27. The van der Waals surface area contributed by atoms with Crippen LogP contribution >= 0.6 is 11.3 Å². The molecule has 2 heterocycles. The van der Waals surface area contributed by atoms with Crippen LogP contribution in [0.1, 0.15) is 43.1 Å². The molecular formula is C13H20N4O2S. The molecular weight excluding hydrogens is 276 g/mol. The maximum atomic E-state index is 12.2. The van der Waals surface area contributed by atoms with Crippen LogP contribution in [0.25, 0.3) is 0 Å². The van der Waals surface area contributed by atoms with E-state index in [4.69, 9.17) is 5.73 Å². The Morgan fingerprint density at radius 3 is 2.75 bits per heavy atom. The Kier molecular flexibility index (Phi) is 4.94. The highest BCUT2D eigenvalue weighted by molar-refractivity contribution is 7.13. The highest BCUT2D eigenvalue weighted by Crippen LogP contribution is 2.17. The molecule has 2 amide bonds. The maximum Gasteiger partial charge on any atom is 0.273 e. The molecule has 1 aromatic heterocycles. The van der Waals surface area contributed by atoms with Crippen LogP contribution in [0, 0.1) is 0 Å². The highest BCUT2D eigenvalue weighted by Gasteiger charge is 2.25. The van der Waals surface area contributed by atoms with Gasteiger partial charge in [0.05, 0.1) is 0 Å². The first-order valence-electron chi connectivity index (χ1n) is 6.89. The van der Waals surface area contributed by atoms with Gasteiger partial charge in [-0.05, 0) is 19.3 Å². The van der Waals surface area contributed by atoms with Gasteiger partial charge >= 0.3 is 0 Å². The minimum absolute atomic E-state index is 0.0729. The molecule has 7 heteroatoms. The summed E-state index contributed by atoms with van der Waals surface area (Å²) in [6.07, 6.45) is 3.01. The molecule has 0 aromatic carbocycles. The summed E-state index contributed by atoms with van der Waals surface area (Å²) in [4.78, 5) is 29.5. The predicted molar refractivity (Wildman–Crippen MR) is 78.5 cm³/mol. The monoisotopic (exact) mass is 296 g/mol. The molecule has 0 radical (unpaired) electrons. The van der Waals surface area contributed by atoms with Gasteiger partial charge in [-0.25, -0.2) is 4.98 Å². The Morgan fingerprint density at radius 1 is 1.50 bits per heavy atom. The van der Waals surface area contributed by atoms with Crippen molar-refractivity contribution in [2.24, 2.45) is 0 Å². The van der Waals surface area contributed by atoms with E-state index in [1.165, 1.54) is 11.3 Å². The Balaban J connectivity index is 1.82. The molecule has 1 fully saturated rings. The van der Waals surface area contributed by atoms with Crippen LogP contribution in [-0.2, 0) is 4.79 Å². The first kappa shape index (κ1) is 14.8. The van der Waals surface area contributed by atoms with Gasteiger partial charge < -0.3 is 16.0 Å². The van der Waals surface area contributed by atoms with Crippen molar-refractivity contribution in [2.45, 2.75) is 38.6 Å². The highest BCUT2D eigenvalue weighted by atomic mass is 32.1. The summed E-state index contributed by atoms with van der Waals surface area (Å²) in [5, 5.41) is 5.11. The lowest BCUT2D eigenvalue weighted by molar-refractivity contribution is -0.122. The van der Waals surface area contributed by atoms with E-state index in [-0.39, 0.29) is 17.9 Å². The number of nitrogens with two attached hydrogens (primary N) is 1. The molecule has 1 aliphatic rings. The second-order valence-corrected chi connectivity index (χ2v) is 5.84. The third-order valence-corrected chi connectivity index (χ3v) is 4.04. The minimum atomic E-state index is -0.0729. The number of amides is 2. The van der Waals surface area contributed by atoms with E-state index >= 15 is 0 Å². The molecule has 2 rings (SSSR count). The minimum Gasteiger partial charge on any atom is -0.375 e. The third-order valence-electron chi connectivity index (χ3n) is 3.37. The summed E-state index contributed by atoms with van der Waals surface area (Å²) in [6, 6.07) is 0.179. The number of aromatic nitrogens is 1. The number of nitrogens with zero attached hydrogens (tertiary/aromatic N) is 2. The van der Waals surface area contributed by atoms with Gasteiger partial charge in [0.15, 0.2) is 5.13 Å². The number of nitrogens with one attached hydrogen (secondary N) is 1. The van der Waals surface area contributed by atoms with Crippen molar-refractivity contribution < 1.29 is 9.59 Å². The van der Waals surface area contributed by atoms with Crippen molar-refractivity contribution in [3.8, 4) is 0 Å². The number of hydrogen-bond acceptors (Lipinski definition) is 5. The average Bonchev–Trinajstić information content (AvgIpc) is 2.86. The largest absolute Gasteiger partial charge is 0.375 e. The molecule has 0 atom stereocenters.